The number of benzene rings is 1. The number of carbonyl (C=O) groups excluding carboxylic acids is 1. The first-order valence-corrected chi connectivity index (χ1v) is 7.39. The third-order valence-electron chi connectivity index (χ3n) is 3.00. The summed E-state index contributed by atoms with van der Waals surface area (Å²) in [6.45, 7) is 3.72. The average Bonchev–Trinajstić information content (AvgIpc) is 2.44. The van der Waals surface area contributed by atoms with Gasteiger partial charge in [0.1, 0.15) is 6.61 Å². The molecule has 2 aromatic rings. The van der Waals surface area contributed by atoms with Crippen LogP contribution in [0.3, 0.4) is 0 Å². The molecular weight excluding hydrogens is 306 g/mol. The number of primary amides is 1. The zero-order chi connectivity index (χ0) is 16.3. The van der Waals surface area contributed by atoms with Crippen molar-refractivity contribution in [3.8, 4) is 0 Å². The number of rotatable bonds is 5. The van der Waals surface area contributed by atoms with Crippen molar-refractivity contribution in [3.05, 3.63) is 40.1 Å². The monoisotopic (exact) mass is 321 g/mol. The fourth-order valence-corrected chi connectivity index (χ4v) is 3.01. The Balaban J connectivity index is 2.35. The Morgan fingerprint density at radius 1 is 1.55 bits per heavy atom. The molecule has 0 saturated carbocycles. The van der Waals surface area contributed by atoms with Gasteiger partial charge in [-0.25, -0.2) is 4.79 Å². The van der Waals surface area contributed by atoms with Gasteiger partial charge in [0.2, 0.25) is 0 Å². The summed E-state index contributed by atoms with van der Waals surface area (Å²) >= 11 is 1.45. The van der Waals surface area contributed by atoms with E-state index >= 15 is 0 Å². The number of nitrogens with zero attached hydrogens (tertiary/aromatic N) is 2. The largest absolute Gasteiger partial charge is 0.449 e. The quantitative estimate of drug-likeness (QED) is 0.515. The predicted molar refractivity (Wildman–Crippen MR) is 84.0 cm³/mol. The van der Waals surface area contributed by atoms with Crippen molar-refractivity contribution in [1.82, 2.24) is 4.98 Å². The van der Waals surface area contributed by atoms with Gasteiger partial charge in [-0.15, -0.1) is 11.8 Å². The van der Waals surface area contributed by atoms with Crippen LogP contribution in [0.4, 0.5) is 10.5 Å². The van der Waals surface area contributed by atoms with E-state index in [0.29, 0.717) is 16.5 Å². The molecule has 0 spiro atoms. The van der Waals surface area contributed by atoms with E-state index in [1.54, 1.807) is 25.3 Å². The number of fused-ring (bicyclic) bond motifs is 1. The van der Waals surface area contributed by atoms with Gasteiger partial charge in [0.05, 0.1) is 10.4 Å². The fourth-order valence-electron chi connectivity index (χ4n) is 2.01. The summed E-state index contributed by atoms with van der Waals surface area (Å²) in [4.78, 5) is 26.4. The predicted octanol–water partition coefficient (Wildman–Crippen LogP) is 3.03. The third kappa shape index (κ3) is 3.64. The number of amides is 1. The molecule has 1 unspecified atom stereocenters. The third-order valence-corrected chi connectivity index (χ3v) is 4.15. The topological polar surface area (TPSA) is 108 Å². The lowest BCUT2D eigenvalue weighted by Gasteiger charge is -2.12. The van der Waals surface area contributed by atoms with E-state index in [1.807, 2.05) is 6.92 Å². The second kappa shape index (κ2) is 6.61. The van der Waals surface area contributed by atoms with Crippen LogP contribution in [0.2, 0.25) is 0 Å². The zero-order valence-electron chi connectivity index (χ0n) is 12.1. The maximum atomic E-state index is 11.1. The zero-order valence-corrected chi connectivity index (χ0v) is 12.9. The Morgan fingerprint density at radius 2 is 2.27 bits per heavy atom. The Hall–Kier alpha value is -2.35. The number of nitrogens with two attached hydrogens (primary N) is 1. The van der Waals surface area contributed by atoms with Gasteiger partial charge >= 0.3 is 6.09 Å². The molecule has 0 aliphatic carbocycles. The number of nitro groups is 1. The van der Waals surface area contributed by atoms with Crippen LogP contribution in [0.5, 0.6) is 0 Å². The Bertz CT molecular complexity index is 735. The lowest BCUT2D eigenvalue weighted by molar-refractivity contribution is -0.385. The molecule has 2 N–H and O–H groups in total. The molecule has 2 rings (SSSR count). The first-order valence-electron chi connectivity index (χ1n) is 6.51. The highest BCUT2D eigenvalue weighted by Crippen LogP contribution is 2.33. The second-order valence-corrected chi connectivity index (χ2v) is 6.26. The molecule has 8 heteroatoms. The summed E-state index contributed by atoms with van der Waals surface area (Å²) in [7, 11) is 0. The molecule has 0 aliphatic rings. The normalized spacial score (nSPS) is 12.1. The molecule has 0 bridgehead atoms. The van der Waals surface area contributed by atoms with E-state index in [9.17, 15) is 14.9 Å². The van der Waals surface area contributed by atoms with Crippen molar-refractivity contribution in [2.24, 2.45) is 5.73 Å². The highest BCUT2D eigenvalue weighted by atomic mass is 32.2. The second-order valence-electron chi connectivity index (χ2n) is 4.78. The van der Waals surface area contributed by atoms with Crippen LogP contribution in [-0.4, -0.2) is 27.9 Å². The number of nitro benzene ring substituents is 1. The summed E-state index contributed by atoms with van der Waals surface area (Å²) in [6.07, 6.45) is 0.829. The van der Waals surface area contributed by atoms with Crippen LogP contribution >= 0.6 is 11.8 Å². The smallest absolute Gasteiger partial charge is 0.404 e. The Kier molecular flexibility index (Phi) is 4.81. The Labute approximate surface area is 131 Å². The maximum absolute atomic E-state index is 11.1. The highest BCUT2D eigenvalue weighted by Gasteiger charge is 2.16. The van der Waals surface area contributed by atoms with Gasteiger partial charge < -0.3 is 10.5 Å². The first kappa shape index (κ1) is 16.0. The van der Waals surface area contributed by atoms with Crippen molar-refractivity contribution in [2.45, 2.75) is 24.0 Å². The molecule has 7 nitrogen and oxygen atoms in total. The van der Waals surface area contributed by atoms with E-state index in [4.69, 9.17) is 10.5 Å². The molecular formula is C14H15N3O4S. The van der Waals surface area contributed by atoms with Gasteiger partial charge in [0.25, 0.3) is 5.69 Å². The van der Waals surface area contributed by atoms with E-state index in [1.165, 1.54) is 17.8 Å². The number of hydrogen-bond donors (Lipinski definition) is 1. The van der Waals surface area contributed by atoms with Crippen molar-refractivity contribution >= 4 is 34.4 Å². The summed E-state index contributed by atoms with van der Waals surface area (Å²) in [5.74, 6) is 0. The van der Waals surface area contributed by atoms with E-state index < -0.39 is 11.0 Å². The number of pyridine rings is 1. The molecule has 1 atom stereocenters. The molecule has 0 saturated heterocycles. The van der Waals surface area contributed by atoms with Crippen LogP contribution < -0.4 is 5.73 Å². The average molecular weight is 321 g/mol. The number of thioether (sulfide) groups is 1. The molecule has 1 amide bonds. The van der Waals surface area contributed by atoms with Crippen LogP contribution in [0.15, 0.2) is 29.3 Å². The van der Waals surface area contributed by atoms with Gasteiger partial charge in [-0.1, -0.05) is 0 Å². The molecule has 1 aromatic carbocycles. The lowest BCUT2D eigenvalue weighted by Crippen LogP contribution is -2.18. The van der Waals surface area contributed by atoms with Gasteiger partial charge in [-0.3, -0.25) is 15.1 Å². The molecule has 1 aromatic heterocycles. The number of aromatic nitrogens is 1. The number of ether oxygens (including phenoxy) is 1. The summed E-state index contributed by atoms with van der Waals surface area (Å²) in [5.41, 5.74) is 6.26. The highest BCUT2D eigenvalue weighted by molar-refractivity contribution is 8.00. The van der Waals surface area contributed by atoms with Crippen LogP contribution in [0.25, 0.3) is 10.9 Å². The maximum Gasteiger partial charge on any atom is 0.404 e. The van der Waals surface area contributed by atoms with Crippen molar-refractivity contribution < 1.29 is 14.5 Å². The minimum atomic E-state index is -0.821. The minimum Gasteiger partial charge on any atom is -0.449 e. The first-order chi connectivity index (χ1) is 10.4. The Morgan fingerprint density at radius 3 is 2.91 bits per heavy atom. The number of hydrogen-bond acceptors (Lipinski definition) is 6. The van der Waals surface area contributed by atoms with E-state index in [0.717, 1.165) is 4.90 Å². The molecule has 22 heavy (non-hydrogen) atoms. The van der Waals surface area contributed by atoms with Gasteiger partial charge in [0, 0.05) is 33.4 Å². The summed E-state index contributed by atoms with van der Waals surface area (Å²) in [6, 6.07) is 5.01. The molecule has 0 radical (unpaired) electrons. The van der Waals surface area contributed by atoms with E-state index in [-0.39, 0.29) is 17.5 Å². The number of carbonyl (C=O) groups is 1. The molecule has 116 valence electrons. The fraction of sp³-hybridized carbons (Fsp3) is 0.286. The van der Waals surface area contributed by atoms with Crippen LogP contribution in [0, 0.1) is 17.0 Å². The van der Waals surface area contributed by atoms with Crippen molar-refractivity contribution in [3.63, 3.8) is 0 Å². The number of aryl methyl sites for hydroxylation is 1. The van der Waals surface area contributed by atoms with Crippen molar-refractivity contribution in [2.75, 3.05) is 6.61 Å². The van der Waals surface area contributed by atoms with Crippen LogP contribution in [0.1, 0.15) is 12.5 Å². The molecule has 0 aliphatic heterocycles. The SMILES string of the molecule is Cc1cc2nccc(SC(C)COC(N)=O)c2cc1[N+](=O)[O-]. The molecule has 1 heterocycles. The lowest BCUT2D eigenvalue weighted by atomic mass is 10.1. The van der Waals surface area contributed by atoms with Crippen LogP contribution in [-0.2, 0) is 4.74 Å². The van der Waals surface area contributed by atoms with Gasteiger partial charge in [-0.2, -0.15) is 0 Å². The van der Waals surface area contributed by atoms with Gasteiger partial charge in [0.15, 0.2) is 0 Å². The van der Waals surface area contributed by atoms with Gasteiger partial charge in [-0.05, 0) is 26.0 Å². The minimum absolute atomic E-state index is 0.0431. The van der Waals surface area contributed by atoms with Crippen molar-refractivity contribution in [1.29, 1.82) is 0 Å². The standard InChI is InChI=1S/C14H15N3O4S/c1-8-5-11-10(6-12(8)17(19)20)13(3-4-16-11)22-9(2)7-21-14(15)18/h3-6,9H,7H2,1-2H3,(H2,15,18). The summed E-state index contributed by atoms with van der Waals surface area (Å²) < 4.78 is 4.76. The molecule has 0 fully saturated rings. The summed E-state index contributed by atoms with van der Waals surface area (Å²) in [5, 5.41) is 11.7. The van der Waals surface area contributed by atoms with E-state index in [2.05, 4.69) is 4.98 Å².